The molecule has 6 nitrogen and oxygen atoms in total. The molecule has 0 spiro atoms. The molecule has 0 fully saturated rings. The van der Waals surface area contributed by atoms with Crippen LogP contribution < -0.4 is 10.1 Å². The summed E-state index contributed by atoms with van der Waals surface area (Å²) in [6, 6.07) is 6.84. The third-order valence-corrected chi connectivity index (χ3v) is 3.02. The van der Waals surface area contributed by atoms with Crippen molar-refractivity contribution in [2.24, 2.45) is 0 Å². The van der Waals surface area contributed by atoms with Gasteiger partial charge in [-0.15, -0.1) is 0 Å². The molecule has 1 aromatic carbocycles. The van der Waals surface area contributed by atoms with Crippen molar-refractivity contribution in [2.75, 3.05) is 12.4 Å². The Morgan fingerprint density at radius 2 is 2.20 bits per heavy atom. The smallest absolute Gasteiger partial charge is 0.333 e. The van der Waals surface area contributed by atoms with E-state index < -0.39 is 4.92 Å². The normalized spacial score (nSPS) is 10.1. The fourth-order valence-electron chi connectivity index (χ4n) is 1.89. The van der Waals surface area contributed by atoms with Crippen molar-refractivity contribution in [1.82, 2.24) is 4.98 Å². The number of aryl methyl sites for hydroxylation is 1. The number of nitro groups is 1. The Hall–Kier alpha value is -2.63. The highest BCUT2D eigenvalue weighted by Crippen LogP contribution is 2.34. The number of benzene rings is 1. The highest BCUT2D eigenvalue weighted by atomic mass is 16.6. The number of methoxy groups -OCH3 is 1. The van der Waals surface area contributed by atoms with Crippen molar-refractivity contribution in [3.05, 3.63) is 57.9 Å². The van der Waals surface area contributed by atoms with E-state index >= 15 is 0 Å². The van der Waals surface area contributed by atoms with Gasteiger partial charge in [-0.2, -0.15) is 0 Å². The van der Waals surface area contributed by atoms with Gasteiger partial charge in [-0.3, -0.25) is 15.1 Å². The predicted octanol–water partition coefficient (Wildman–Crippen LogP) is 2.92. The van der Waals surface area contributed by atoms with Gasteiger partial charge in [0, 0.05) is 18.9 Å². The molecule has 1 N–H and O–H groups in total. The maximum absolute atomic E-state index is 11.2. The van der Waals surface area contributed by atoms with Crippen LogP contribution in [0.2, 0.25) is 0 Å². The summed E-state index contributed by atoms with van der Waals surface area (Å²) in [5, 5.41) is 14.2. The van der Waals surface area contributed by atoms with Gasteiger partial charge in [-0.1, -0.05) is 6.07 Å². The minimum absolute atomic E-state index is 0.0588. The molecule has 0 aliphatic rings. The van der Waals surface area contributed by atoms with Crippen LogP contribution in [-0.2, 0) is 6.54 Å². The monoisotopic (exact) mass is 273 g/mol. The van der Waals surface area contributed by atoms with E-state index in [1.807, 2.05) is 13.0 Å². The Morgan fingerprint density at radius 1 is 1.40 bits per heavy atom. The standard InChI is InChI=1S/C14H15N3O3/c1-10-6-7-15-8-11(10)9-16-12-4-3-5-13(20-2)14(12)17(18)19/h3-8,16H,9H2,1-2H3. The first kappa shape index (κ1) is 13.8. The summed E-state index contributed by atoms with van der Waals surface area (Å²) in [7, 11) is 1.41. The van der Waals surface area contributed by atoms with Crippen molar-refractivity contribution >= 4 is 11.4 Å². The lowest BCUT2D eigenvalue weighted by Crippen LogP contribution is -2.05. The first-order valence-electron chi connectivity index (χ1n) is 6.08. The summed E-state index contributed by atoms with van der Waals surface area (Å²) in [6.07, 6.45) is 3.46. The number of hydrogen-bond acceptors (Lipinski definition) is 5. The maximum Gasteiger partial charge on any atom is 0.333 e. The Kier molecular flexibility index (Phi) is 4.14. The molecule has 0 aliphatic carbocycles. The highest BCUT2D eigenvalue weighted by molar-refractivity contribution is 5.68. The zero-order chi connectivity index (χ0) is 14.5. The van der Waals surface area contributed by atoms with Gasteiger partial charge in [0.2, 0.25) is 0 Å². The molecule has 0 saturated heterocycles. The molecule has 1 aromatic heterocycles. The van der Waals surface area contributed by atoms with E-state index in [1.165, 1.54) is 7.11 Å². The molecule has 2 aromatic rings. The number of ether oxygens (including phenoxy) is 1. The van der Waals surface area contributed by atoms with Crippen LogP contribution >= 0.6 is 0 Å². The number of rotatable bonds is 5. The van der Waals surface area contributed by atoms with Gasteiger partial charge in [-0.25, -0.2) is 0 Å². The van der Waals surface area contributed by atoms with Gasteiger partial charge in [0.1, 0.15) is 5.69 Å². The molecule has 2 rings (SSSR count). The molecule has 0 bridgehead atoms. The highest BCUT2D eigenvalue weighted by Gasteiger charge is 2.20. The van der Waals surface area contributed by atoms with Crippen LogP contribution in [0, 0.1) is 17.0 Å². The SMILES string of the molecule is COc1cccc(NCc2cnccc2C)c1[N+](=O)[O-]. The van der Waals surface area contributed by atoms with Crippen molar-refractivity contribution < 1.29 is 9.66 Å². The van der Waals surface area contributed by atoms with Gasteiger partial charge in [0.15, 0.2) is 5.75 Å². The summed E-state index contributed by atoms with van der Waals surface area (Å²) in [6.45, 7) is 2.44. The second kappa shape index (κ2) is 6.01. The van der Waals surface area contributed by atoms with Crippen molar-refractivity contribution in [1.29, 1.82) is 0 Å². The van der Waals surface area contributed by atoms with Gasteiger partial charge in [-0.05, 0) is 36.2 Å². The number of pyridine rings is 1. The number of hydrogen-bond donors (Lipinski definition) is 1. The zero-order valence-corrected chi connectivity index (χ0v) is 11.3. The minimum Gasteiger partial charge on any atom is -0.490 e. The largest absolute Gasteiger partial charge is 0.490 e. The number of aromatic nitrogens is 1. The summed E-state index contributed by atoms with van der Waals surface area (Å²) < 4.78 is 5.03. The number of nitro benzene ring substituents is 1. The number of anilines is 1. The first-order chi connectivity index (χ1) is 9.63. The van der Waals surface area contributed by atoms with Crippen LogP contribution in [0.1, 0.15) is 11.1 Å². The van der Waals surface area contributed by atoms with E-state index in [-0.39, 0.29) is 11.4 Å². The molecule has 0 amide bonds. The van der Waals surface area contributed by atoms with Crippen LogP contribution in [-0.4, -0.2) is 17.0 Å². The lowest BCUT2D eigenvalue weighted by atomic mass is 10.1. The van der Waals surface area contributed by atoms with Crippen LogP contribution in [0.4, 0.5) is 11.4 Å². The molecule has 20 heavy (non-hydrogen) atoms. The fourth-order valence-corrected chi connectivity index (χ4v) is 1.89. The minimum atomic E-state index is -0.447. The van der Waals surface area contributed by atoms with Crippen molar-refractivity contribution in [2.45, 2.75) is 13.5 Å². The Bertz CT molecular complexity index is 629. The quantitative estimate of drug-likeness (QED) is 0.669. The van der Waals surface area contributed by atoms with Gasteiger partial charge >= 0.3 is 5.69 Å². The molecule has 0 atom stereocenters. The zero-order valence-electron chi connectivity index (χ0n) is 11.3. The van der Waals surface area contributed by atoms with Crippen LogP contribution in [0.3, 0.4) is 0 Å². The number of nitrogens with one attached hydrogen (secondary N) is 1. The summed E-state index contributed by atoms with van der Waals surface area (Å²) in [5.74, 6) is 0.239. The molecule has 0 unspecified atom stereocenters. The second-order valence-electron chi connectivity index (χ2n) is 4.27. The van der Waals surface area contributed by atoms with Crippen LogP contribution in [0.15, 0.2) is 36.7 Å². The summed E-state index contributed by atoms with van der Waals surface area (Å²) in [4.78, 5) is 14.8. The predicted molar refractivity (Wildman–Crippen MR) is 75.9 cm³/mol. The van der Waals surface area contributed by atoms with Crippen LogP contribution in [0.25, 0.3) is 0 Å². The topological polar surface area (TPSA) is 77.3 Å². The van der Waals surface area contributed by atoms with Gasteiger partial charge < -0.3 is 10.1 Å². The van der Waals surface area contributed by atoms with E-state index in [0.717, 1.165) is 11.1 Å². The van der Waals surface area contributed by atoms with Crippen LogP contribution in [0.5, 0.6) is 5.75 Å². The molecular weight excluding hydrogens is 258 g/mol. The van der Waals surface area contributed by atoms with E-state index in [0.29, 0.717) is 12.2 Å². The lowest BCUT2D eigenvalue weighted by Gasteiger charge is -2.10. The van der Waals surface area contributed by atoms with E-state index in [4.69, 9.17) is 4.74 Å². The Labute approximate surface area is 116 Å². The second-order valence-corrected chi connectivity index (χ2v) is 4.27. The molecule has 0 saturated carbocycles. The third-order valence-electron chi connectivity index (χ3n) is 3.02. The Balaban J connectivity index is 2.26. The van der Waals surface area contributed by atoms with E-state index in [1.54, 1.807) is 30.6 Å². The van der Waals surface area contributed by atoms with Crippen molar-refractivity contribution in [3.8, 4) is 5.75 Å². The number of nitrogens with zero attached hydrogens (tertiary/aromatic N) is 2. The maximum atomic E-state index is 11.2. The molecular formula is C14H15N3O3. The first-order valence-corrected chi connectivity index (χ1v) is 6.08. The molecule has 1 heterocycles. The lowest BCUT2D eigenvalue weighted by molar-refractivity contribution is -0.384. The Morgan fingerprint density at radius 3 is 2.85 bits per heavy atom. The summed E-state index contributed by atoms with van der Waals surface area (Å²) in [5.41, 5.74) is 2.44. The van der Waals surface area contributed by atoms with E-state index in [2.05, 4.69) is 10.3 Å². The number of para-hydroxylation sites is 1. The average molecular weight is 273 g/mol. The molecule has 6 heteroatoms. The average Bonchev–Trinajstić information content (AvgIpc) is 2.45. The van der Waals surface area contributed by atoms with Gasteiger partial charge in [0.05, 0.1) is 12.0 Å². The third kappa shape index (κ3) is 2.85. The molecule has 0 aliphatic heterocycles. The van der Waals surface area contributed by atoms with E-state index in [9.17, 15) is 10.1 Å². The van der Waals surface area contributed by atoms with Gasteiger partial charge in [0.25, 0.3) is 0 Å². The molecule has 0 radical (unpaired) electrons. The summed E-state index contributed by atoms with van der Waals surface area (Å²) >= 11 is 0. The fraction of sp³-hybridized carbons (Fsp3) is 0.214. The molecule has 104 valence electrons. The van der Waals surface area contributed by atoms with Crippen molar-refractivity contribution in [3.63, 3.8) is 0 Å².